The van der Waals surface area contributed by atoms with Crippen molar-refractivity contribution in [1.29, 1.82) is 5.26 Å². The van der Waals surface area contributed by atoms with Crippen molar-refractivity contribution >= 4 is 28.3 Å². The van der Waals surface area contributed by atoms with E-state index in [0.29, 0.717) is 16.7 Å². The van der Waals surface area contributed by atoms with Gasteiger partial charge in [-0.1, -0.05) is 12.8 Å². The molecule has 1 N–H and O–H groups in total. The van der Waals surface area contributed by atoms with Crippen molar-refractivity contribution in [3.63, 3.8) is 0 Å². The van der Waals surface area contributed by atoms with E-state index < -0.39 is 0 Å². The quantitative estimate of drug-likeness (QED) is 0.935. The number of nitrogens with zero attached hydrogens (tertiary/aromatic N) is 4. The maximum atomic E-state index is 11.6. The summed E-state index contributed by atoms with van der Waals surface area (Å²) >= 11 is 0. The molecule has 114 valence electrons. The van der Waals surface area contributed by atoms with Gasteiger partial charge in [-0.3, -0.25) is 4.79 Å². The summed E-state index contributed by atoms with van der Waals surface area (Å²) in [6, 6.07) is 5.54. The van der Waals surface area contributed by atoms with Crippen molar-refractivity contribution in [2.75, 3.05) is 23.3 Å². The van der Waals surface area contributed by atoms with Gasteiger partial charge in [0.15, 0.2) is 11.0 Å². The Balaban J connectivity index is 1.92. The average molecular weight is 299 g/mol. The summed E-state index contributed by atoms with van der Waals surface area (Å²) in [6.45, 7) is 1.98. The summed E-state index contributed by atoms with van der Waals surface area (Å²) < 4.78 is 4.87. The summed E-state index contributed by atoms with van der Waals surface area (Å²) in [5.41, 5.74) is 2.68. The standard InChI is InChI=1S/C15H17N5O2/c16-8-7-13(21)17-11-5-6-12(15-14(11)18-22-19-15)20-9-3-1-2-4-10-20/h5-6H,1-4,7,9-10H2,(H,17,21). The van der Waals surface area contributed by atoms with Gasteiger partial charge in [-0.15, -0.1) is 0 Å². The van der Waals surface area contributed by atoms with E-state index in [4.69, 9.17) is 9.89 Å². The van der Waals surface area contributed by atoms with Crippen LogP contribution in [0.5, 0.6) is 0 Å². The van der Waals surface area contributed by atoms with E-state index in [9.17, 15) is 4.79 Å². The number of hydrogen-bond acceptors (Lipinski definition) is 6. The van der Waals surface area contributed by atoms with Gasteiger partial charge in [0, 0.05) is 13.1 Å². The Morgan fingerprint density at radius 3 is 2.68 bits per heavy atom. The van der Waals surface area contributed by atoms with Crippen LogP contribution in [0.15, 0.2) is 16.8 Å². The lowest BCUT2D eigenvalue weighted by Gasteiger charge is -2.22. The van der Waals surface area contributed by atoms with E-state index in [1.54, 1.807) is 6.07 Å². The Hall–Kier alpha value is -2.62. The number of hydrogen-bond donors (Lipinski definition) is 1. The zero-order valence-electron chi connectivity index (χ0n) is 12.2. The molecule has 22 heavy (non-hydrogen) atoms. The van der Waals surface area contributed by atoms with Gasteiger partial charge in [0.05, 0.1) is 17.4 Å². The van der Waals surface area contributed by atoms with Crippen molar-refractivity contribution in [1.82, 2.24) is 10.3 Å². The van der Waals surface area contributed by atoms with Crippen LogP contribution >= 0.6 is 0 Å². The minimum Gasteiger partial charge on any atom is -0.370 e. The van der Waals surface area contributed by atoms with Crippen LogP contribution < -0.4 is 10.2 Å². The first-order valence-electron chi connectivity index (χ1n) is 7.46. The van der Waals surface area contributed by atoms with Gasteiger partial charge in [-0.2, -0.15) is 5.26 Å². The maximum absolute atomic E-state index is 11.6. The highest BCUT2D eigenvalue weighted by Gasteiger charge is 2.18. The molecular formula is C15H17N5O2. The molecule has 0 saturated carbocycles. The van der Waals surface area contributed by atoms with Gasteiger partial charge >= 0.3 is 0 Å². The highest BCUT2D eigenvalue weighted by molar-refractivity contribution is 6.03. The number of nitrogens with one attached hydrogen (secondary N) is 1. The molecule has 0 radical (unpaired) electrons. The van der Waals surface area contributed by atoms with Gasteiger partial charge < -0.3 is 10.2 Å². The lowest BCUT2D eigenvalue weighted by atomic mass is 10.2. The molecule has 1 saturated heterocycles. The Morgan fingerprint density at radius 1 is 1.23 bits per heavy atom. The highest BCUT2D eigenvalue weighted by atomic mass is 16.6. The van der Waals surface area contributed by atoms with Gasteiger partial charge in [-0.05, 0) is 35.3 Å². The number of amides is 1. The normalized spacial score (nSPS) is 15.3. The lowest BCUT2D eigenvalue weighted by molar-refractivity contribution is -0.115. The molecule has 2 heterocycles. The van der Waals surface area contributed by atoms with E-state index in [1.807, 2.05) is 12.1 Å². The maximum Gasteiger partial charge on any atom is 0.238 e. The van der Waals surface area contributed by atoms with Crippen molar-refractivity contribution in [3.05, 3.63) is 12.1 Å². The molecule has 1 aliphatic heterocycles. The number of fused-ring (bicyclic) bond motifs is 1. The molecular weight excluding hydrogens is 282 g/mol. The van der Waals surface area contributed by atoms with Crippen LogP contribution in [-0.4, -0.2) is 29.3 Å². The Bertz CT molecular complexity index is 710. The van der Waals surface area contributed by atoms with Crippen LogP contribution in [0, 0.1) is 11.3 Å². The second-order valence-electron chi connectivity index (χ2n) is 5.38. The Kier molecular flexibility index (Phi) is 4.19. The summed E-state index contributed by atoms with van der Waals surface area (Å²) in [6.07, 6.45) is 4.62. The third kappa shape index (κ3) is 2.86. The van der Waals surface area contributed by atoms with E-state index >= 15 is 0 Å². The molecule has 1 amide bonds. The number of carbonyl (C=O) groups is 1. The zero-order valence-corrected chi connectivity index (χ0v) is 12.2. The molecule has 0 bridgehead atoms. The van der Waals surface area contributed by atoms with Crippen LogP contribution in [0.2, 0.25) is 0 Å². The lowest BCUT2D eigenvalue weighted by Crippen LogP contribution is -2.24. The minimum absolute atomic E-state index is 0.194. The Labute approximate surface area is 127 Å². The Morgan fingerprint density at radius 2 is 1.95 bits per heavy atom. The molecule has 7 heteroatoms. The van der Waals surface area contributed by atoms with Gasteiger partial charge in [-0.25, -0.2) is 4.63 Å². The molecule has 7 nitrogen and oxygen atoms in total. The fourth-order valence-electron chi connectivity index (χ4n) is 2.79. The SMILES string of the molecule is N#CCC(=O)Nc1ccc(N2CCCCCC2)c2nonc12. The van der Waals surface area contributed by atoms with Crippen LogP contribution in [0.1, 0.15) is 32.1 Å². The summed E-state index contributed by atoms with van der Waals surface area (Å²) in [7, 11) is 0. The summed E-state index contributed by atoms with van der Waals surface area (Å²) in [5, 5.41) is 19.1. The first-order valence-corrected chi connectivity index (χ1v) is 7.46. The van der Waals surface area contributed by atoms with Gasteiger partial charge in [0.25, 0.3) is 0 Å². The molecule has 0 unspecified atom stereocenters. The van der Waals surface area contributed by atoms with Gasteiger partial charge in [0.1, 0.15) is 6.42 Å². The fourth-order valence-corrected chi connectivity index (χ4v) is 2.79. The molecule has 1 aromatic heterocycles. The molecule has 0 atom stereocenters. The fraction of sp³-hybridized carbons (Fsp3) is 0.467. The van der Waals surface area contributed by atoms with Crippen LogP contribution in [0.25, 0.3) is 11.0 Å². The first-order chi connectivity index (χ1) is 10.8. The molecule has 3 rings (SSSR count). The van der Waals surface area contributed by atoms with E-state index in [-0.39, 0.29) is 12.3 Å². The second kappa shape index (κ2) is 6.43. The number of anilines is 2. The second-order valence-corrected chi connectivity index (χ2v) is 5.38. The minimum atomic E-state index is -0.366. The molecule has 1 aromatic carbocycles. The largest absolute Gasteiger partial charge is 0.370 e. The molecule has 0 spiro atoms. The molecule has 2 aromatic rings. The summed E-state index contributed by atoms with van der Waals surface area (Å²) in [4.78, 5) is 13.9. The predicted molar refractivity (Wildman–Crippen MR) is 81.3 cm³/mol. The topological polar surface area (TPSA) is 95.1 Å². The predicted octanol–water partition coefficient (Wildman–Crippen LogP) is 2.46. The number of carbonyl (C=O) groups excluding carboxylic acids is 1. The van der Waals surface area contributed by atoms with Crippen molar-refractivity contribution in [3.8, 4) is 6.07 Å². The molecule has 1 aliphatic rings. The zero-order chi connectivity index (χ0) is 15.4. The highest BCUT2D eigenvalue weighted by Crippen LogP contribution is 2.31. The average Bonchev–Trinajstić information content (AvgIpc) is 2.84. The summed E-state index contributed by atoms with van der Waals surface area (Å²) in [5.74, 6) is -0.366. The smallest absolute Gasteiger partial charge is 0.238 e. The van der Waals surface area contributed by atoms with E-state index in [0.717, 1.165) is 31.6 Å². The van der Waals surface area contributed by atoms with Crippen molar-refractivity contribution in [2.45, 2.75) is 32.1 Å². The molecule has 0 aliphatic carbocycles. The van der Waals surface area contributed by atoms with Crippen LogP contribution in [0.3, 0.4) is 0 Å². The van der Waals surface area contributed by atoms with Crippen LogP contribution in [-0.2, 0) is 4.79 Å². The van der Waals surface area contributed by atoms with Crippen LogP contribution in [0.4, 0.5) is 11.4 Å². The number of aromatic nitrogens is 2. The number of nitriles is 1. The van der Waals surface area contributed by atoms with Gasteiger partial charge in [0.2, 0.25) is 5.91 Å². The van der Waals surface area contributed by atoms with Crippen molar-refractivity contribution < 1.29 is 9.42 Å². The number of benzene rings is 1. The molecule has 1 fully saturated rings. The van der Waals surface area contributed by atoms with E-state index in [1.165, 1.54) is 12.8 Å². The first kappa shape index (κ1) is 14.3. The third-order valence-electron chi connectivity index (χ3n) is 3.85. The number of rotatable bonds is 3. The van der Waals surface area contributed by atoms with Crippen molar-refractivity contribution in [2.24, 2.45) is 0 Å². The third-order valence-corrected chi connectivity index (χ3v) is 3.85. The van der Waals surface area contributed by atoms with E-state index in [2.05, 4.69) is 20.5 Å². The monoisotopic (exact) mass is 299 g/mol.